The van der Waals surface area contributed by atoms with Crippen molar-refractivity contribution in [1.82, 2.24) is 10.6 Å². The van der Waals surface area contributed by atoms with Crippen LogP contribution < -0.4 is 10.6 Å². The quantitative estimate of drug-likeness (QED) is 0.561. The second kappa shape index (κ2) is 9.72. The second-order valence-electron chi connectivity index (χ2n) is 4.61. The number of carbonyl (C=O) groups excluding carboxylic acids is 2. The van der Waals surface area contributed by atoms with Gasteiger partial charge in [0.1, 0.15) is 6.04 Å². The molecule has 0 aliphatic carbocycles. The molecule has 0 heterocycles. The summed E-state index contributed by atoms with van der Waals surface area (Å²) in [5.74, 6) is -0.494. The maximum atomic E-state index is 11.7. The largest absolute Gasteiger partial charge is 0.385 e. The van der Waals surface area contributed by atoms with E-state index in [4.69, 9.17) is 4.74 Å². The van der Waals surface area contributed by atoms with E-state index in [9.17, 15) is 9.59 Å². The summed E-state index contributed by atoms with van der Waals surface area (Å²) in [6.07, 6.45) is 3.87. The Morgan fingerprint density at radius 1 is 1.29 bits per heavy atom. The van der Waals surface area contributed by atoms with E-state index in [1.54, 1.807) is 20.1 Å². The normalized spacial score (nSPS) is 12.1. The SMILES string of the molecule is COCCCNC(=O)C(C)NC(=O)/C=C/c1ccccc1. The van der Waals surface area contributed by atoms with E-state index in [0.29, 0.717) is 13.2 Å². The van der Waals surface area contributed by atoms with Gasteiger partial charge in [-0.15, -0.1) is 0 Å². The lowest BCUT2D eigenvalue weighted by Crippen LogP contribution is -2.44. The summed E-state index contributed by atoms with van der Waals surface area (Å²) in [5, 5.41) is 5.36. The van der Waals surface area contributed by atoms with Crippen LogP contribution in [-0.4, -0.2) is 38.1 Å². The Bertz CT molecular complexity index is 472. The lowest BCUT2D eigenvalue weighted by Gasteiger charge is -2.12. The molecule has 0 aliphatic heterocycles. The predicted molar refractivity (Wildman–Crippen MR) is 82.6 cm³/mol. The molecule has 0 aliphatic rings. The Kier molecular flexibility index (Phi) is 7.82. The van der Waals surface area contributed by atoms with Crippen molar-refractivity contribution in [1.29, 1.82) is 0 Å². The van der Waals surface area contributed by atoms with Gasteiger partial charge in [-0.1, -0.05) is 30.3 Å². The Labute approximate surface area is 125 Å². The molecule has 0 bridgehead atoms. The molecule has 114 valence electrons. The van der Waals surface area contributed by atoms with Crippen LogP contribution in [0.2, 0.25) is 0 Å². The average Bonchev–Trinajstić information content (AvgIpc) is 2.50. The van der Waals surface area contributed by atoms with E-state index >= 15 is 0 Å². The Morgan fingerprint density at radius 3 is 2.67 bits per heavy atom. The highest BCUT2D eigenvalue weighted by atomic mass is 16.5. The van der Waals surface area contributed by atoms with Crippen molar-refractivity contribution in [2.45, 2.75) is 19.4 Å². The Hall–Kier alpha value is -2.14. The summed E-state index contributed by atoms with van der Waals surface area (Å²) in [6, 6.07) is 8.93. The van der Waals surface area contributed by atoms with Crippen molar-refractivity contribution >= 4 is 17.9 Å². The molecule has 0 saturated carbocycles. The molecule has 0 radical (unpaired) electrons. The minimum Gasteiger partial charge on any atom is -0.385 e. The predicted octanol–water partition coefficient (Wildman–Crippen LogP) is 1.36. The Balaban J connectivity index is 2.33. The second-order valence-corrected chi connectivity index (χ2v) is 4.61. The zero-order valence-electron chi connectivity index (χ0n) is 12.5. The van der Waals surface area contributed by atoms with Gasteiger partial charge >= 0.3 is 0 Å². The monoisotopic (exact) mass is 290 g/mol. The van der Waals surface area contributed by atoms with Gasteiger partial charge in [-0.2, -0.15) is 0 Å². The molecule has 2 N–H and O–H groups in total. The van der Waals surface area contributed by atoms with Crippen molar-refractivity contribution < 1.29 is 14.3 Å². The van der Waals surface area contributed by atoms with Crippen LogP contribution in [0.4, 0.5) is 0 Å². The molecule has 1 atom stereocenters. The van der Waals surface area contributed by atoms with Crippen LogP contribution >= 0.6 is 0 Å². The molecule has 0 spiro atoms. The molecule has 5 nitrogen and oxygen atoms in total. The fourth-order valence-corrected chi connectivity index (χ4v) is 1.64. The van der Waals surface area contributed by atoms with Crippen molar-refractivity contribution in [3.63, 3.8) is 0 Å². The van der Waals surface area contributed by atoms with E-state index < -0.39 is 6.04 Å². The van der Waals surface area contributed by atoms with Crippen LogP contribution in [0.15, 0.2) is 36.4 Å². The molecule has 1 rings (SSSR count). The number of nitrogens with one attached hydrogen (secondary N) is 2. The third-order valence-corrected chi connectivity index (χ3v) is 2.80. The summed E-state index contributed by atoms with van der Waals surface area (Å²) in [4.78, 5) is 23.4. The van der Waals surface area contributed by atoms with Crippen LogP contribution in [0, 0.1) is 0 Å². The van der Waals surface area contributed by atoms with E-state index in [2.05, 4.69) is 10.6 Å². The molecule has 0 aromatic heterocycles. The van der Waals surface area contributed by atoms with Crippen LogP contribution in [-0.2, 0) is 14.3 Å². The molecule has 0 saturated heterocycles. The first-order valence-corrected chi connectivity index (χ1v) is 6.93. The van der Waals surface area contributed by atoms with Gasteiger partial charge in [0.25, 0.3) is 0 Å². The molecular weight excluding hydrogens is 268 g/mol. The van der Waals surface area contributed by atoms with Crippen molar-refractivity contribution in [2.75, 3.05) is 20.3 Å². The highest BCUT2D eigenvalue weighted by Gasteiger charge is 2.13. The van der Waals surface area contributed by atoms with E-state index in [1.807, 2.05) is 30.3 Å². The van der Waals surface area contributed by atoms with Gasteiger partial charge in [-0.25, -0.2) is 0 Å². The Morgan fingerprint density at radius 2 is 2.00 bits per heavy atom. The molecule has 0 fully saturated rings. The lowest BCUT2D eigenvalue weighted by molar-refractivity contribution is -0.126. The van der Waals surface area contributed by atoms with Crippen molar-refractivity contribution in [3.8, 4) is 0 Å². The number of hydrogen-bond donors (Lipinski definition) is 2. The summed E-state index contributed by atoms with van der Waals surface area (Å²) in [6.45, 7) is 2.79. The number of amides is 2. The van der Waals surface area contributed by atoms with Gasteiger partial charge in [0, 0.05) is 26.3 Å². The van der Waals surface area contributed by atoms with Gasteiger partial charge in [0.2, 0.25) is 11.8 Å². The fraction of sp³-hybridized carbons (Fsp3) is 0.375. The maximum Gasteiger partial charge on any atom is 0.244 e. The zero-order chi connectivity index (χ0) is 15.5. The summed E-state index contributed by atoms with van der Waals surface area (Å²) < 4.78 is 4.89. The van der Waals surface area contributed by atoms with Gasteiger partial charge in [0.05, 0.1) is 0 Å². The minimum absolute atomic E-state index is 0.201. The topological polar surface area (TPSA) is 67.4 Å². The van der Waals surface area contributed by atoms with Crippen LogP contribution in [0.25, 0.3) is 6.08 Å². The van der Waals surface area contributed by atoms with E-state index in [-0.39, 0.29) is 11.8 Å². The summed E-state index contributed by atoms with van der Waals surface area (Å²) >= 11 is 0. The summed E-state index contributed by atoms with van der Waals surface area (Å²) in [5.41, 5.74) is 0.935. The van der Waals surface area contributed by atoms with E-state index in [1.165, 1.54) is 6.08 Å². The van der Waals surface area contributed by atoms with Gasteiger partial charge in [-0.05, 0) is 25.0 Å². The fourth-order valence-electron chi connectivity index (χ4n) is 1.64. The number of carbonyl (C=O) groups is 2. The van der Waals surface area contributed by atoms with Crippen LogP contribution in [0.1, 0.15) is 18.9 Å². The zero-order valence-corrected chi connectivity index (χ0v) is 12.5. The molecule has 1 aromatic rings. The first-order valence-electron chi connectivity index (χ1n) is 6.93. The molecular formula is C16H22N2O3. The first kappa shape index (κ1) is 16.9. The number of hydrogen-bond acceptors (Lipinski definition) is 3. The number of rotatable bonds is 8. The van der Waals surface area contributed by atoms with E-state index in [0.717, 1.165) is 12.0 Å². The number of ether oxygens (including phenoxy) is 1. The van der Waals surface area contributed by atoms with Crippen LogP contribution in [0.3, 0.4) is 0 Å². The van der Waals surface area contributed by atoms with Crippen molar-refractivity contribution in [2.24, 2.45) is 0 Å². The van der Waals surface area contributed by atoms with Gasteiger partial charge in [-0.3, -0.25) is 9.59 Å². The third-order valence-electron chi connectivity index (χ3n) is 2.80. The molecule has 21 heavy (non-hydrogen) atoms. The average molecular weight is 290 g/mol. The molecule has 1 unspecified atom stereocenters. The lowest BCUT2D eigenvalue weighted by atomic mass is 10.2. The molecule has 1 aromatic carbocycles. The third kappa shape index (κ3) is 7.27. The highest BCUT2D eigenvalue weighted by molar-refractivity contribution is 5.95. The highest BCUT2D eigenvalue weighted by Crippen LogP contribution is 2.00. The standard InChI is InChI=1S/C16H22N2O3/c1-13(16(20)17-11-6-12-21-2)18-15(19)10-9-14-7-4-3-5-8-14/h3-5,7-10,13H,6,11-12H2,1-2H3,(H,17,20)(H,18,19)/b10-9+. The van der Waals surface area contributed by atoms with Gasteiger partial charge < -0.3 is 15.4 Å². The first-order chi connectivity index (χ1) is 10.1. The molecule has 2 amide bonds. The number of methoxy groups -OCH3 is 1. The van der Waals surface area contributed by atoms with Crippen molar-refractivity contribution in [3.05, 3.63) is 42.0 Å². The summed E-state index contributed by atoms with van der Waals surface area (Å²) in [7, 11) is 1.61. The van der Waals surface area contributed by atoms with Crippen LogP contribution in [0.5, 0.6) is 0 Å². The number of benzene rings is 1. The maximum absolute atomic E-state index is 11.7. The smallest absolute Gasteiger partial charge is 0.244 e. The minimum atomic E-state index is -0.569. The van der Waals surface area contributed by atoms with Gasteiger partial charge in [0.15, 0.2) is 0 Å². The molecule has 5 heteroatoms.